The maximum absolute atomic E-state index is 5.41. The molecule has 3 rings (SSSR count). The smallest absolute Gasteiger partial charge is 0.230 e. The Kier molecular flexibility index (Phi) is 7.29. The standard InChI is InChI=1S/C23H30N6O3/c1-23(2,3)9-11-25-20-16(8-7-10-24-20)21-26-14-27-22(29-21)28-15-12-17(30-4)19(32-6)18(13-15)31-5/h7-8,10,12-14H,9,11H2,1-6H3,(H,24,25)(H,26,27,28,29). The van der Waals surface area contributed by atoms with Crippen LogP contribution in [0.25, 0.3) is 11.4 Å². The van der Waals surface area contributed by atoms with E-state index < -0.39 is 0 Å². The number of aromatic nitrogens is 4. The summed E-state index contributed by atoms with van der Waals surface area (Å²) in [6, 6.07) is 7.37. The zero-order chi connectivity index (χ0) is 23.1. The molecule has 2 heterocycles. The molecule has 32 heavy (non-hydrogen) atoms. The third-order valence-electron chi connectivity index (χ3n) is 4.71. The molecule has 9 nitrogen and oxygen atoms in total. The van der Waals surface area contributed by atoms with E-state index in [2.05, 4.69) is 51.3 Å². The molecule has 0 bridgehead atoms. The molecule has 2 aromatic heterocycles. The first-order valence-corrected chi connectivity index (χ1v) is 10.3. The predicted octanol–water partition coefficient (Wildman–Crippen LogP) is 4.55. The molecule has 0 aliphatic rings. The van der Waals surface area contributed by atoms with Gasteiger partial charge in [-0.3, -0.25) is 0 Å². The molecule has 170 valence electrons. The highest BCUT2D eigenvalue weighted by atomic mass is 16.5. The average Bonchev–Trinajstić information content (AvgIpc) is 2.78. The number of pyridine rings is 1. The summed E-state index contributed by atoms with van der Waals surface area (Å²) in [5, 5.41) is 6.58. The quantitative estimate of drug-likeness (QED) is 0.498. The number of hydrogen-bond donors (Lipinski definition) is 2. The highest BCUT2D eigenvalue weighted by molar-refractivity contribution is 5.71. The van der Waals surface area contributed by atoms with Crippen molar-refractivity contribution in [3.8, 4) is 28.6 Å². The lowest BCUT2D eigenvalue weighted by Crippen LogP contribution is -2.14. The van der Waals surface area contributed by atoms with Gasteiger partial charge in [-0.15, -0.1) is 0 Å². The molecule has 0 unspecified atom stereocenters. The number of ether oxygens (including phenoxy) is 3. The van der Waals surface area contributed by atoms with Gasteiger partial charge in [-0.25, -0.2) is 15.0 Å². The number of nitrogens with one attached hydrogen (secondary N) is 2. The summed E-state index contributed by atoms with van der Waals surface area (Å²) < 4.78 is 16.2. The van der Waals surface area contributed by atoms with Crippen molar-refractivity contribution in [3.05, 3.63) is 36.8 Å². The van der Waals surface area contributed by atoms with Crippen LogP contribution in [0, 0.1) is 5.41 Å². The topological polar surface area (TPSA) is 103 Å². The van der Waals surface area contributed by atoms with E-state index in [4.69, 9.17) is 14.2 Å². The lowest BCUT2D eigenvalue weighted by molar-refractivity contribution is 0.324. The summed E-state index contributed by atoms with van der Waals surface area (Å²) in [7, 11) is 4.70. The first-order valence-electron chi connectivity index (χ1n) is 10.3. The largest absolute Gasteiger partial charge is 0.493 e. The van der Waals surface area contributed by atoms with Crippen molar-refractivity contribution in [2.75, 3.05) is 38.5 Å². The molecular weight excluding hydrogens is 408 g/mol. The van der Waals surface area contributed by atoms with Gasteiger partial charge >= 0.3 is 0 Å². The molecule has 0 aliphatic heterocycles. The molecule has 0 aliphatic carbocycles. The molecule has 0 saturated carbocycles. The number of nitrogens with zero attached hydrogens (tertiary/aromatic N) is 4. The number of hydrogen-bond acceptors (Lipinski definition) is 9. The van der Waals surface area contributed by atoms with Gasteiger partial charge in [0, 0.05) is 30.6 Å². The number of anilines is 3. The molecule has 2 N–H and O–H groups in total. The second-order valence-corrected chi connectivity index (χ2v) is 8.31. The van der Waals surface area contributed by atoms with Gasteiger partial charge in [0.05, 0.1) is 26.9 Å². The summed E-state index contributed by atoms with van der Waals surface area (Å²) in [5.41, 5.74) is 1.72. The van der Waals surface area contributed by atoms with Crippen molar-refractivity contribution >= 4 is 17.5 Å². The lowest BCUT2D eigenvalue weighted by Gasteiger charge is -2.19. The van der Waals surface area contributed by atoms with E-state index in [0.717, 1.165) is 24.3 Å². The summed E-state index contributed by atoms with van der Waals surface area (Å²) in [6.45, 7) is 7.43. The van der Waals surface area contributed by atoms with Crippen LogP contribution in [0.3, 0.4) is 0 Å². The van der Waals surface area contributed by atoms with Gasteiger partial charge in [-0.05, 0) is 24.0 Å². The molecule has 0 spiro atoms. The Bertz CT molecular complexity index is 1030. The molecule has 9 heteroatoms. The van der Waals surface area contributed by atoms with E-state index in [1.54, 1.807) is 39.7 Å². The van der Waals surface area contributed by atoms with Crippen LogP contribution >= 0.6 is 0 Å². The summed E-state index contributed by atoms with van der Waals surface area (Å²) in [6.07, 6.45) is 4.22. The Morgan fingerprint density at radius 2 is 1.66 bits per heavy atom. The average molecular weight is 439 g/mol. The zero-order valence-corrected chi connectivity index (χ0v) is 19.4. The van der Waals surface area contributed by atoms with Gasteiger partial charge in [0.2, 0.25) is 11.7 Å². The van der Waals surface area contributed by atoms with Crippen molar-refractivity contribution in [2.24, 2.45) is 5.41 Å². The first kappa shape index (κ1) is 23.1. The predicted molar refractivity (Wildman–Crippen MR) is 125 cm³/mol. The van der Waals surface area contributed by atoms with Crippen LogP contribution in [0.4, 0.5) is 17.5 Å². The molecule has 0 saturated heterocycles. The molecule has 0 amide bonds. The molecule has 3 aromatic rings. The maximum atomic E-state index is 5.41. The van der Waals surface area contributed by atoms with Gasteiger partial charge in [-0.1, -0.05) is 20.8 Å². The third kappa shape index (κ3) is 5.75. The Labute approximate surface area is 188 Å². The van der Waals surface area contributed by atoms with Crippen molar-refractivity contribution in [1.82, 2.24) is 19.9 Å². The van der Waals surface area contributed by atoms with Crippen LogP contribution < -0.4 is 24.8 Å². The Morgan fingerprint density at radius 3 is 2.28 bits per heavy atom. The summed E-state index contributed by atoms with van der Waals surface area (Å²) in [4.78, 5) is 17.7. The van der Waals surface area contributed by atoms with Crippen LogP contribution in [0.2, 0.25) is 0 Å². The van der Waals surface area contributed by atoms with Crippen molar-refractivity contribution in [2.45, 2.75) is 27.2 Å². The first-order chi connectivity index (χ1) is 15.3. The van der Waals surface area contributed by atoms with Gasteiger partial charge in [-0.2, -0.15) is 4.98 Å². The van der Waals surface area contributed by atoms with Crippen LogP contribution in [0.1, 0.15) is 27.2 Å². The third-order valence-corrected chi connectivity index (χ3v) is 4.71. The fourth-order valence-corrected chi connectivity index (χ4v) is 3.05. The SMILES string of the molecule is COc1cc(Nc2ncnc(-c3cccnc3NCCC(C)(C)C)n2)cc(OC)c1OC. The van der Waals surface area contributed by atoms with E-state index >= 15 is 0 Å². The minimum Gasteiger partial charge on any atom is -0.493 e. The van der Waals surface area contributed by atoms with Gasteiger partial charge in [0.1, 0.15) is 12.1 Å². The second kappa shape index (κ2) is 10.1. The van der Waals surface area contributed by atoms with Crippen LogP contribution in [0.5, 0.6) is 17.2 Å². The fraction of sp³-hybridized carbons (Fsp3) is 0.391. The number of benzene rings is 1. The van der Waals surface area contributed by atoms with E-state index in [1.165, 1.54) is 6.33 Å². The number of methoxy groups -OCH3 is 3. The monoisotopic (exact) mass is 438 g/mol. The minimum absolute atomic E-state index is 0.229. The highest BCUT2D eigenvalue weighted by Gasteiger charge is 2.15. The van der Waals surface area contributed by atoms with Gasteiger partial charge in [0.15, 0.2) is 17.3 Å². The van der Waals surface area contributed by atoms with Crippen LogP contribution in [-0.2, 0) is 0 Å². The van der Waals surface area contributed by atoms with E-state index in [1.807, 2.05) is 12.1 Å². The molecule has 0 fully saturated rings. The second-order valence-electron chi connectivity index (χ2n) is 8.31. The Hall–Kier alpha value is -3.62. The zero-order valence-electron chi connectivity index (χ0n) is 19.4. The van der Waals surface area contributed by atoms with E-state index in [9.17, 15) is 0 Å². The van der Waals surface area contributed by atoms with Gasteiger partial charge in [0.25, 0.3) is 0 Å². The lowest BCUT2D eigenvalue weighted by atomic mass is 9.92. The maximum Gasteiger partial charge on any atom is 0.230 e. The van der Waals surface area contributed by atoms with Crippen LogP contribution in [0.15, 0.2) is 36.8 Å². The van der Waals surface area contributed by atoms with Crippen molar-refractivity contribution < 1.29 is 14.2 Å². The van der Waals surface area contributed by atoms with Crippen LogP contribution in [-0.4, -0.2) is 47.8 Å². The van der Waals surface area contributed by atoms with Crippen molar-refractivity contribution in [1.29, 1.82) is 0 Å². The number of rotatable bonds is 9. The summed E-state index contributed by atoms with van der Waals surface area (Å²) >= 11 is 0. The Balaban J connectivity index is 1.86. The molecular formula is C23H30N6O3. The molecule has 0 atom stereocenters. The minimum atomic E-state index is 0.229. The molecule has 1 aromatic carbocycles. The molecule has 0 radical (unpaired) electrons. The normalized spacial score (nSPS) is 11.1. The summed E-state index contributed by atoms with van der Waals surface area (Å²) in [5.74, 6) is 3.21. The van der Waals surface area contributed by atoms with E-state index in [0.29, 0.717) is 34.7 Å². The van der Waals surface area contributed by atoms with Crippen molar-refractivity contribution in [3.63, 3.8) is 0 Å². The van der Waals surface area contributed by atoms with Gasteiger partial charge < -0.3 is 24.8 Å². The Morgan fingerprint density at radius 1 is 0.938 bits per heavy atom. The highest BCUT2D eigenvalue weighted by Crippen LogP contribution is 2.40. The van der Waals surface area contributed by atoms with E-state index in [-0.39, 0.29) is 5.41 Å². The fourth-order valence-electron chi connectivity index (χ4n) is 3.05.